The van der Waals surface area contributed by atoms with Crippen LogP contribution in [-0.2, 0) is 14.3 Å². The van der Waals surface area contributed by atoms with Gasteiger partial charge in [0.1, 0.15) is 6.54 Å². The Hall–Kier alpha value is -2.50. The zero-order valence-corrected chi connectivity index (χ0v) is 12.6. The van der Waals surface area contributed by atoms with Gasteiger partial charge in [0.05, 0.1) is 21.3 Å². The van der Waals surface area contributed by atoms with Crippen LogP contribution in [0.1, 0.15) is 5.56 Å². The van der Waals surface area contributed by atoms with E-state index in [1.54, 1.807) is 38.5 Å². The molecule has 0 aliphatic carbocycles. The number of nitrogens with zero attached hydrogens (tertiary/aromatic N) is 1. The molecule has 0 bridgehead atoms. The number of likely N-dealkylation sites (N-methyl/N-ethyl adjacent to an activating group) is 1. The molecule has 6 nitrogen and oxygen atoms in total. The van der Waals surface area contributed by atoms with E-state index in [4.69, 9.17) is 9.47 Å². The molecule has 0 aliphatic rings. The lowest BCUT2D eigenvalue weighted by molar-refractivity contribution is -0.144. The maximum absolute atomic E-state index is 11.8. The first-order valence-electron chi connectivity index (χ1n) is 6.23. The van der Waals surface area contributed by atoms with E-state index in [0.29, 0.717) is 11.5 Å². The predicted octanol–water partition coefficient (Wildman–Crippen LogP) is 1.35. The number of carbonyl (C=O) groups excluding carboxylic acids is 2. The van der Waals surface area contributed by atoms with Gasteiger partial charge in [-0.25, -0.2) is 0 Å². The summed E-state index contributed by atoms with van der Waals surface area (Å²) in [6.07, 6.45) is 3.02. The van der Waals surface area contributed by atoms with Crippen molar-refractivity contribution in [3.63, 3.8) is 0 Å². The van der Waals surface area contributed by atoms with Crippen molar-refractivity contribution in [3.05, 3.63) is 29.8 Å². The summed E-state index contributed by atoms with van der Waals surface area (Å²) in [4.78, 5) is 24.2. The summed E-state index contributed by atoms with van der Waals surface area (Å²) in [7, 11) is 5.90. The molecule has 0 saturated carbocycles. The zero-order chi connectivity index (χ0) is 15.8. The molecule has 0 atom stereocenters. The highest BCUT2D eigenvalue weighted by Crippen LogP contribution is 2.27. The van der Waals surface area contributed by atoms with Crippen molar-refractivity contribution in [1.29, 1.82) is 0 Å². The van der Waals surface area contributed by atoms with Crippen molar-refractivity contribution < 1.29 is 23.8 Å². The van der Waals surface area contributed by atoms with Crippen LogP contribution in [0.5, 0.6) is 11.5 Å². The lowest BCUT2D eigenvalue weighted by atomic mass is 10.2. The van der Waals surface area contributed by atoms with Gasteiger partial charge >= 0.3 is 5.97 Å². The molecule has 21 heavy (non-hydrogen) atoms. The van der Waals surface area contributed by atoms with E-state index in [2.05, 4.69) is 4.74 Å². The molecule has 0 heterocycles. The Labute approximate surface area is 123 Å². The molecule has 114 valence electrons. The van der Waals surface area contributed by atoms with Crippen LogP contribution in [0.4, 0.5) is 0 Å². The lowest BCUT2D eigenvalue weighted by Gasteiger charge is -2.13. The fourth-order valence-corrected chi connectivity index (χ4v) is 1.59. The molecule has 6 heteroatoms. The third kappa shape index (κ3) is 4.83. The Morgan fingerprint density at radius 3 is 2.38 bits per heavy atom. The average Bonchev–Trinajstić information content (AvgIpc) is 2.51. The number of rotatable bonds is 6. The molecule has 1 aromatic carbocycles. The van der Waals surface area contributed by atoms with E-state index in [0.717, 1.165) is 5.56 Å². The Balaban J connectivity index is 2.76. The van der Waals surface area contributed by atoms with E-state index in [1.807, 2.05) is 0 Å². The third-order valence-electron chi connectivity index (χ3n) is 2.80. The molecule has 0 N–H and O–H groups in total. The zero-order valence-electron chi connectivity index (χ0n) is 12.6. The summed E-state index contributed by atoms with van der Waals surface area (Å²) in [5.41, 5.74) is 0.785. The first-order chi connectivity index (χ1) is 10.0. The first-order valence-corrected chi connectivity index (χ1v) is 6.23. The van der Waals surface area contributed by atoms with Crippen LogP contribution < -0.4 is 9.47 Å². The Morgan fingerprint density at radius 1 is 1.14 bits per heavy atom. The van der Waals surface area contributed by atoms with Gasteiger partial charge in [-0.3, -0.25) is 9.59 Å². The van der Waals surface area contributed by atoms with Gasteiger partial charge in [-0.2, -0.15) is 0 Å². The number of carbonyl (C=O) groups is 2. The second kappa shape index (κ2) is 7.94. The van der Waals surface area contributed by atoms with Crippen LogP contribution in [-0.4, -0.2) is 51.7 Å². The predicted molar refractivity (Wildman–Crippen MR) is 78.2 cm³/mol. The number of methoxy groups -OCH3 is 3. The number of hydrogen-bond acceptors (Lipinski definition) is 5. The summed E-state index contributed by atoms with van der Waals surface area (Å²) in [6.45, 7) is -0.0917. The number of hydrogen-bond donors (Lipinski definition) is 0. The minimum atomic E-state index is -0.467. The molecular weight excluding hydrogens is 274 g/mol. The highest BCUT2D eigenvalue weighted by Gasteiger charge is 2.10. The second-order valence-corrected chi connectivity index (χ2v) is 4.22. The molecule has 0 aromatic heterocycles. The molecule has 1 rings (SSSR count). The van der Waals surface area contributed by atoms with Crippen molar-refractivity contribution >= 4 is 18.0 Å². The molecular formula is C15H19NO5. The number of benzene rings is 1. The molecule has 0 fully saturated rings. The molecule has 1 amide bonds. The van der Waals surface area contributed by atoms with E-state index >= 15 is 0 Å². The van der Waals surface area contributed by atoms with E-state index in [1.165, 1.54) is 25.1 Å². The second-order valence-electron chi connectivity index (χ2n) is 4.22. The van der Waals surface area contributed by atoms with Crippen molar-refractivity contribution in [2.75, 3.05) is 34.9 Å². The molecule has 0 spiro atoms. The van der Waals surface area contributed by atoms with E-state index < -0.39 is 5.97 Å². The topological polar surface area (TPSA) is 65.1 Å². The summed E-state index contributed by atoms with van der Waals surface area (Å²) in [5, 5.41) is 0. The number of esters is 1. The molecule has 0 unspecified atom stereocenters. The van der Waals surface area contributed by atoms with Crippen LogP contribution in [0.3, 0.4) is 0 Å². The van der Waals surface area contributed by atoms with E-state index in [9.17, 15) is 9.59 Å². The Kier molecular flexibility index (Phi) is 6.26. The number of ether oxygens (including phenoxy) is 3. The Bertz CT molecular complexity index is 539. The van der Waals surface area contributed by atoms with Gasteiger partial charge in [-0.05, 0) is 23.8 Å². The maximum atomic E-state index is 11.8. The van der Waals surface area contributed by atoms with Gasteiger partial charge in [-0.1, -0.05) is 6.07 Å². The number of amides is 1. The third-order valence-corrected chi connectivity index (χ3v) is 2.80. The molecule has 1 aromatic rings. The van der Waals surface area contributed by atoms with Crippen LogP contribution in [0.25, 0.3) is 6.08 Å². The monoisotopic (exact) mass is 293 g/mol. The fourth-order valence-electron chi connectivity index (χ4n) is 1.59. The Morgan fingerprint density at radius 2 is 1.81 bits per heavy atom. The minimum Gasteiger partial charge on any atom is -0.493 e. The quantitative estimate of drug-likeness (QED) is 0.585. The molecule has 0 saturated heterocycles. The van der Waals surface area contributed by atoms with Gasteiger partial charge in [0, 0.05) is 13.1 Å². The largest absolute Gasteiger partial charge is 0.493 e. The van der Waals surface area contributed by atoms with Gasteiger partial charge in [0.2, 0.25) is 5.91 Å². The first kappa shape index (κ1) is 16.6. The summed E-state index contributed by atoms with van der Waals surface area (Å²) >= 11 is 0. The van der Waals surface area contributed by atoms with Gasteiger partial charge in [-0.15, -0.1) is 0 Å². The van der Waals surface area contributed by atoms with Gasteiger partial charge in [0.15, 0.2) is 11.5 Å². The summed E-state index contributed by atoms with van der Waals surface area (Å²) in [5.74, 6) is 0.430. The van der Waals surface area contributed by atoms with Crippen LogP contribution in [0.15, 0.2) is 24.3 Å². The van der Waals surface area contributed by atoms with Crippen LogP contribution in [0.2, 0.25) is 0 Å². The smallest absolute Gasteiger partial charge is 0.325 e. The molecule has 0 aliphatic heterocycles. The summed E-state index contributed by atoms with van der Waals surface area (Å²) < 4.78 is 14.8. The van der Waals surface area contributed by atoms with Crippen LogP contribution in [0, 0.1) is 0 Å². The highest BCUT2D eigenvalue weighted by molar-refractivity contribution is 5.93. The fraction of sp³-hybridized carbons (Fsp3) is 0.333. The van der Waals surface area contributed by atoms with Gasteiger partial charge < -0.3 is 19.1 Å². The highest BCUT2D eigenvalue weighted by atomic mass is 16.5. The van der Waals surface area contributed by atoms with E-state index in [-0.39, 0.29) is 12.5 Å². The lowest BCUT2D eigenvalue weighted by Crippen LogP contribution is -2.31. The van der Waals surface area contributed by atoms with Crippen molar-refractivity contribution in [1.82, 2.24) is 4.90 Å². The maximum Gasteiger partial charge on any atom is 0.325 e. The van der Waals surface area contributed by atoms with Crippen molar-refractivity contribution in [2.24, 2.45) is 0 Å². The van der Waals surface area contributed by atoms with Crippen LogP contribution >= 0.6 is 0 Å². The SMILES string of the molecule is COC(=O)CN(C)C(=O)/C=C/c1ccc(OC)c(OC)c1. The molecule has 0 radical (unpaired) electrons. The minimum absolute atomic E-state index is 0.0917. The van der Waals surface area contributed by atoms with Crippen molar-refractivity contribution in [3.8, 4) is 11.5 Å². The summed E-state index contributed by atoms with van der Waals surface area (Å²) in [6, 6.07) is 5.30. The standard InChI is InChI=1S/C15H19NO5/c1-16(10-15(18)21-4)14(17)8-6-11-5-7-12(19-2)13(9-11)20-3/h5-9H,10H2,1-4H3/b8-6+. The average molecular weight is 293 g/mol. The normalized spacial score (nSPS) is 10.3. The van der Waals surface area contributed by atoms with Gasteiger partial charge in [0.25, 0.3) is 0 Å². The van der Waals surface area contributed by atoms with Crippen molar-refractivity contribution in [2.45, 2.75) is 0 Å².